The van der Waals surface area contributed by atoms with Crippen molar-refractivity contribution in [3.8, 4) is 0 Å². The number of ketones is 1. The molecule has 0 atom stereocenters. The van der Waals surface area contributed by atoms with Crippen molar-refractivity contribution in [2.75, 3.05) is 6.54 Å². The maximum Gasteiger partial charge on any atom is 0.229 e. The molecule has 6 heteroatoms. The highest BCUT2D eigenvalue weighted by Crippen LogP contribution is 2.28. The van der Waals surface area contributed by atoms with Crippen LogP contribution in [0, 0.1) is 0 Å². The Morgan fingerprint density at radius 3 is 2.43 bits per heavy atom. The Morgan fingerprint density at radius 1 is 1.10 bits per heavy atom. The summed E-state index contributed by atoms with van der Waals surface area (Å²) in [7, 11) is 0. The van der Waals surface area contributed by atoms with E-state index >= 15 is 0 Å². The molecule has 21 heavy (non-hydrogen) atoms. The highest BCUT2D eigenvalue weighted by Gasteiger charge is 2.22. The number of aryl methyl sites for hydroxylation is 1. The van der Waals surface area contributed by atoms with Gasteiger partial charge < -0.3 is 0 Å². The molecule has 1 heterocycles. The number of benzene rings is 1. The second-order valence-electron chi connectivity index (χ2n) is 5.01. The van der Waals surface area contributed by atoms with Crippen molar-refractivity contribution in [3.05, 3.63) is 33.3 Å². The Hall–Kier alpha value is -1.39. The van der Waals surface area contributed by atoms with Gasteiger partial charge >= 0.3 is 0 Å². The van der Waals surface area contributed by atoms with Crippen molar-refractivity contribution in [3.63, 3.8) is 0 Å². The number of nitrogens with zero attached hydrogens (tertiary/aromatic N) is 1. The Kier molecular flexibility index (Phi) is 5.01. The normalized spacial score (nSPS) is 16.6. The van der Waals surface area contributed by atoms with Gasteiger partial charge in [0.05, 0.1) is 10.0 Å². The van der Waals surface area contributed by atoms with Crippen LogP contribution < -0.4 is 0 Å². The molecule has 2 rings (SSSR count). The van der Waals surface area contributed by atoms with Gasteiger partial charge in [0.2, 0.25) is 11.8 Å². The van der Waals surface area contributed by atoms with Crippen LogP contribution in [-0.2, 0) is 16.0 Å². The molecular formula is C15H15Cl2NO3. The van der Waals surface area contributed by atoms with Crippen LogP contribution in [-0.4, -0.2) is 29.0 Å². The SMILES string of the molecule is CC(=O)N1CCCC(=O)c2cc(Cl)c(Cl)cc2CCC1=O. The minimum Gasteiger partial charge on any atom is -0.294 e. The van der Waals surface area contributed by atoms with Gasteiger partial charge in [-0.15, -0.1) is 0 Å². The number of amides is 2. The third-order valence-electron chi connectivity index (χ3n) is 3.52. The standard InChI is InChI=1S/C15H15Cl2NO3/c1-9(19)18-6-2-3-14(20)11-8-13(17)12(16)7-10(11)4-5-15(18)21/h7-8H,2-6H2,1H3. The fraction of sp³-hybridized carbons (Fsp3) is 0.400. The predicted molar refractivity (Wildman–Crippen MR) is 80.7 cm³/mol. The lowest BCUT2D eigenvalue weighted by molar-refractivity contribution is -0.143. The minimum atomic E-state index is -0.289. The summed E-state index contributed by atoms with van der Waals surface area (Å²) >= 11 is 12.0. The fourth-order valence-electron chi connectivity index (χ4n) is 2.42. The molecular weight excluding hydrogens is 313 g/mol. The number of carbonyl (C=O) groups is 3. The van der Waals surface area contributed by atoms with E-state index in [2.05, 4.69) is 0 Å². The lowest BCUT2D eigenvalue weighted by Gasteiger charge is -2.21. The first kappa shape index (κ1) is 16.0. The summed E-state index contributed by atoms with van der Waals surface area (Å²) < 4.78 is 0. The van der Waals surface area contributed by atoms with Crippen molar-refractivity contribution < 1.29 is 14.4 Å². The van der Waals surface area contributed by atoms with E-state index in [-0.39, 0.29) is 37.0 Å². The quantitative estimate of drug-likeness (QED) is 0.734. The molecule has 1 aromatic rings. The number of carbonyl (C=O) groups excluding carboxylic acids is 3. The topological polar surface area (TPSA) is 54.5 Å². The van der Waals surface area contributed by atoms with Gasteiger partial charge in [-0.05, 0) is 30.5 Å². The van der Waals surface area contributed by atoms with Crippen molar-refractivity contribution in [2.45, 2.75) is 32.6 Å². The van der Waals surface area contributed by atoms with Gasteiger partial charge in [0.1, 0.15) is 0 Å². The first-order chi connectivity index (χ1) is 9.90. The molecule has 0 aliphatic carbocycles. The second-order valence-corrected chi connectivity index (χ2v) is 5.83. The van der Waals surface area contributed by atoms with Gasteiger partial charge in [-0.2, -0.15) is 0 Å². The molecule has 0 saturated heterocycles. The number of hydrogen-bond acceptors (Lipinski definition) is 3. The molecule has 0 radical (unpaired) electrons. The van der Waals surface area contributed by atoms with Gasteiger partial charge in [-0.3, -0.25) is 19.3 Å². The summed E-state index contributed by atoms with van der Waals surface area (Å²) in [5.41, 5.74) is 1.22. The van der Waals surface area contributed by atoms with Crippen LogP contribution >= 0.6 is 23.2 Å². The highest BCUT2D eigenvalue weighted by atomic mass is 35.5. The van der Waals surface area contributed by atoms with Crippen LogP contribution in [0.1, 0.15) is 42.1 Å². The summed E-state index contributed by atoms with van der Waals surface area (Å²) in [6, 6.07) is 3.19. The third-order valence-corrected chi connectivity index (χ3v) is 4.24. The van der Waals surface area contributed by atoms with E-state index in [1.807, 2.05) is 0 Å². The molecule has 1 aliphatic heterocycles. The van der Waals surface area contributed by atoms with Gasteiger partial charge in [0.15, 0.2) is 5.78 Å². The average molecular weight is 328 g/mol. The zero-order valence-electron chi connectivity index (χ0n) is 11.6. The van der Waals surface area contributed by atoms with Gasteiger partial charge in [0.25, 0.3) is 0 Å². The first-order valence-electron chi connectivity index (χ1n) is 6.72. The monoisotopic (exact) mass is 327 g/mol. The number of fused-ring (bicyclic) bond motifs is 1. The summed E-state index contributed by atoms with van der Waals surface area (Å²) in [6.45, 7) is 1.63. The molecule has 2 amide bonds. The number of imide groups is 1. The van der Waals surface area contributed by atoms with Crippen molar-refractivity contribution in [1.29, 1.82) is 0 Å². The number of halogens is 2. The summed E-state index contributed by atoms with van der Waals surface area (Å²) in [5, 5.41) is 0.689. The van der Waals surface area contributed by atoms with E-state index in [0.29, 0.717) is 34.0 Å². The van der Waals surface area contributed by atoms with Gasteiger partial charge in [-0.1, -0.05) is 23.2 Å². The Morgan fingerprint density at radius 2 is 1.76 bits per heavy atom. The van der Waals surface area contributed by atoms with E-state index in [1.165, 1.54) is 11.8 Å². The van der Waals surface area contributed by atoms with E-state index in [4.69, 9.17) is 23.2 Å². The van der Waals surface area contributed by atoms with Gasteiger partial charge in [-0.25, -0.2) is 0 Å². The smallest absolute Gasteiger partial charge is 0.229 e. The number of rotatable bonds is 0. The maximum atomic E-state index is 12.3. The first-order valence-corrected chi connectivity index (χ1v) is 7.48. The molecule has 112 valence electrons. The molecule has 0 spiro atoms. The van der Waals surface area contributed by atoms with Crippen LogP contribution in [0.15, 0.2) is 12.1 Å². The second kappa shape index (κ2) is 6.58. The van der Waals surface area contributed by atoms with E-state index in [9.17, 15) is 14.4 Å². The molecule has 0 saturated carbocycles. The van der Waals surface area contributed by atoms with Crippen LogP contribution in [0.5, 0.6) is 0 Å². The maximum absolute atomic E-state index is 12.3. The molecule has 1 aliphatic rings. The number of hydrogen-bond donors (Lipinski definition) is 0. The summed E-state index contributed by atoms with van der Waals surface area (Å²) in [4.78, 5) is 37.0. The molecule has 0 bridgehead atoms. The Labute approximate surface area is 133 Å². The lowest BCUT2D eigenvalue weighted by atomic mass is 9.96. The summed E-state index contributed by atoms with van der Waals surface area (Å²) in [6.07, 6.45) is 1.24. The molecule has 0 unspecified atom stereocenters. The minimum absolute atomic E-state index is 0.0404. The van der Waals surface area contributed by atoms with Crippen LogP contribution in [0.25, 0.3) is 0 Å². The predicted octanol–water partition coefficient (Wildman–Crippen LogP) is 3.28. The van der Waals surface area contributed by atoms with Crippen LogP contribution in [0.2, 0.25) is 10.0 Å². The van der Waals surface area contributed by atoms with E-state index in [0.717, 1.165) is 0 Å². The largest absolute Gasteiger partial charge is 0.294 e. The Balaban J connectivity index is 2.36. The summed E-state index contributed by atoms with van der Waals surface area (Å²) in [5.74, 6) is -0.558. The number of Topliss-reactive ketones (excluding diaryl/α,β-unsaturated/α-hetero) is 1. The van der Waals surface area contributed by atoms with Crippen molar-refractivity contribution in [1.82, 2.24) is 4.90 Å². The fourth-order valence-corrected chi connectivity index (χ4v) is 2.77. The van der Waals surface area contributed by atoms with Gasteiger partial charge in [0, 0.05) is 31.9 Å². The lowest BCUT2D eigenvalue weighted by Crippen LogP contribution is -2.36. The average Bonchev–Trinajstić information content (AvgIpc) is 2.42. The van der Waals surface area contributed by atoms with Crippen LogP contribution in [0.3, 0.4) is 0 Å². The zero-order valence-corrected chi connectivity index (χ0v) is 13.1. The molecule has 0 aromatic heterocycles. The zero-order chi connectivity index (χ0) is 15.6. The van der Waals surface area contributed by atoms with Crippen molar-refractivity contribution in [2.24, 2.45) is 0 Å². The Bertz CT molecular complexity index is 613. The highest BCUT2D eigenvalue weighted by molar-refractivity contribution is 6.42. The van der Waals surface area contributed by atoms with E-state index < -0.39 is 0 Å². The molecule has 0 N–H and O–H groups in total. The molecule has 0 fully saturated rings. The molecule has 4 nitrogen and oxygen atoms in total. The van der Waals surface area contributed by atoms with Crippen molar-refractivity contribution >= 4 is 40.8 Å². The van der Waals surface area contributed by atoms with Crippen LogP contribution in [0.4, 0.5) is 0 Å². The molecule has 1 aromatic carbocycles. The van der Waals surface area contributed by atoms with E-state index in [1.54, 1.807) is 12.1 Å². The third kappa shape index (κ3) is 3.63.